The van der Waals surface area contributed by atoms with Crippen LogP contribution in [-0.2, 0) is 9.47 Å². The molecule has 0 radical (unpaired) electrons. The maximum absolute atomic E-state index is 5.75. The van der Waals surface area contributed by atoms with Crippen LogP contribution >= 0.6 is 0 Å². The number of ether oxygens (including phenoxy) is 2. The SMILES string of the molecule is CC(C)CCO[C@@H](C)[C@H](C)OCCC(C)C. The average molecular weight is 230 g/mol. The Labute approximate surface area is 102 Å². The molecule has 2 atom stereocenters. The van der Waals surface area contributed by atoms with Crippen LogP contribution in [0.1, 0.15) is 54.4 Å². The Balaban J connectivity index is 3.52. The third-order valence-corrected chi connectivity index (χ3v) is 2.81. The van der Waals surface area contributed by atoms with E-state index in [0.29, 0.717) is 11.8 Å². The lowest BCUT2D eigenvalue weighted by atomic mass is 10.1. The molecule has 2 heteroatoms. The van der Waals surface area contributed by atoms with E-state index in [4.69, 9.17) is 9.47 Å². The third-order valence-electron chi connectivity index (χ3n) is 2.81. The standard InChI is InChI=1S/C14H30O2/c1-11(2)7-9-15-13(5)14(6)16-10-8-12(3)4/h11-14H,7-10H2,1-6H3/t13-,14-/m0/s1. The van der Waals surface area contributed by atoms with Gasteiger partial charge in [0.25, 0.3) is 0 Å². The summed E-state index contributed by atoms with van der Waals surface area (Å²) in [6.07, 6.45) is 2.66. The van der Waals surface area contributed by atoms with Crippen molar-refractivity contribution in [2.45, 2.75) is 66.6 Å². The molecule has 98 valence electrons. The summed E-state index contributed by atoms with van der Waals surface area (Å²) in [6, 6.07) is 0. The molecule has 0 aliphatic heterocycles. The highest BCUT2D eigenvalue weighted by Gasteiger charge is 2.13. The molecule has 16 heavy (non-hydrogen) atoms. The fourth-order valence-corrected chi connectivity index (χ4v) is 1.25. The Hall–Kier alpha value is -0.0800. The molecule has 0 aromatic heterocycles. The molecular formula is C14H30O2. The number of hydrogen-bond donors (Lipinski definition) is 0. The molecule has 0 rings (SSSR count). The molecular weight excluding hydrogens is 200 g/mol. The first kappa shape index (κ1) is 15.9. The van der Waals surface area contributed by atoms with Crippen LogP contribution in [0.25, 0.3) is 0 Å². The molecule has 0 saturated carbocycles. The maximum atomic E-state index is 5.75. The highest BCUT2D eigenvalue weighted by molar-refractivity contribution is 4.61. The molecule has 0 aromatic rings. The fourth-order valence-electron chi connectivity index (χ4n) is 1.25. The van der Waals surface area contributed by atoms with Crippen molar-refractivity contribution in [3.8, 4) is 0 Å². The van der Waals surface area contributed by atoms with E-state index < -0.39 is 0 Å². The van der Waals surface area contributed by atoms with Gasteiger partial charge in [-0.2, -0.15) is 0 Å². The lowest BCUT2D eigenvalue weighted by Crippen LogP contribution is -2.27. The predicted molar refractivity (Wildman–Crippen MR) is 69.7 cm³/mol. The van der Waals surface area contributed by atoms with Gasteiger partial charge in [0.15, 0.2) is 0 Å². The zero-order valence-electron chi connectivity index (χ0n) is 12.0. The summed E-state index contributed by atoms with van der Waals surface area (Å²) in [4.78, 5) is 0. The number of rotatable bonds is 9. The molecule has 0 saturated heterocycles. The highest BCUT2D eigenvalue weighted by Crippen LogP contribution is 2.08. The van der Waals surface area contributed by atoms with E-state index in [0.717, 1.165) is 26.1 Å². The summed E-state index contributed by atoms with van der Waals surface area (Å²) in [5, 5.41) is 0. The quantitative estimate of drug-likeness (QED) is 0.598. The molecule has 0 N–H and O–H groups in total. The highest BCUT2D eigenvalue weighted by atomic mass is 16.5. The second-order valence-corrected chi connectivity index (χ2v) is 5.52. The fraction of sp³-hybridized carbons (Fsp3) is 1.00. The van der Waals surface area contributed by atoms with Gasteiger partial charge in [0.05, 0.1) is 12.2 Å². The van der Waals surface area contributed by atoms with Crippen molar-refractivity contribution < 1.29 is 9.47 Å². The minimum Gasteiger partial charge on any atom is -0.376 e. The Morgan fingerprint density at radius 1 is 0.625 bits per heavy atom. The van der Waals surface area contributed by atoms with Gasteiger partial charge < -0.3 is 9.47 Å². The van der Waals surface area contributed by atoms with Crippen molar-refractivity contribution in [3.05, 3.63) is 0 Å². The van der Waals surface area contributed by atoms with Crippen molar-refractivity contribution in [2.24, 2.45) is 11.8 Å². The van der Waals surface area contributed by atoms with E-state index in [9.17, 15) is 0 Å². The second-order valence-electron chi connectivity index (χ2n) is 5.52. The minimum absolute atomic E-state index is 0.200. The van der Waals surface area contributed by atoms with Crippen LogP contribution in [0, 0.1) is 11.8 Å². The summed E-state index contributed by atoms with van der Waals surface area (Å²) < 4.78 is 11.5. The molecule has 0 aliphatic carbocycles. The normalized spacial score (nSPS) is 15.8. The first-order chi connectivity index (χ1) is 7.43. The lowest BCUT2D eigenvalue weighted by molar-refractivity contribution is -0.0603. The molecule has 0 aromatic carbocycles. The van der Waals surface area contributed by atoms with Crippen LogP contribution in [-0.4, -0.2) is 25.4 Å². The lowest BCUT2D eigenvalue weighted by Gasteiger charge is -2.22. The van der Waals surface area contributed by atoms with Crippen molar-refractivity contribution in [1.82, 2.24) is 0 Å². The first-order valence-electron chi connectivity index (χ1n) is 6.66. The average Bonchev–Trinajstić information content (AvgIpc) is 2.16. The van der Waals surface area contributed by atoms with Crippen LogP contribution in [0.3, 0.4) is 0 Å². The topological polar surface area (TPSA) is 18.5 Å². The molecule has 0 amide bonds. The Morgan fingerprint density at radius 2 is 0.938 bits per heavy atom. The monoisotopic (exact) mass is 230 g/mol. The van der Waals surface area contributed by atoms with Crippen LogP contribution in [0.15, 0.2) is 0 Å². The van der Waals surface area contributed by atoms with Crippen molar-refractivity contribution in [1.29, 1.82) is 0 Å². The van der Waals surface area contributed by atoms with Crippen molar-refractivity contribution in [2.75, 3.05) is 13.2 Å². The minimum atomic E-state index is 0.200. The number of hydrogen-bond acceptors (Lipinski definition) is 2. The molecule has 0 bridgehead atoms. The summed E-state index contributed by atoms with van der Waals surface area (Å²) in [5.74, 6) is 1.42. The van der Waals surface area contributed by atoms with Crippen LogP contribution in [0.4, 0.5) is 0 Å². The largest absolute Gasteiger partial charge is 0.376 e. The molecule has 0 fully saturated rings. The van der Waals surface area contributed by atoms with Gasteiger partial charge in [-0.05, 0) is 38.5 Å². The molecule has 2 nitrogen and oxygen atoms in total. The molecule has 0 unspecified atom stereocenters. The van der Waals surface area contributed by atoms with Crippen LogP contribution in [0.5, 0.6) is 0 Å². The Morgan fingerprint density at radius 3 is 1.19 bits per heavy atom. The van der Waals surface area contributed by atoms with E-state index in [-0.39, 0.29) is 12.2 Å². The predicted octanol–water partition coefficient (Wildman–Crippen LogP) is 3.89. The molecule has 0 spiro atoms. The van der Waals surface area contributed by atoms with Gasteiger partial charge in [-0.25, -0.2) is 0 Å². The Kier molecular flexibility index (Phi) is 8.96. The maximum Gasteiger partial charge on any atom is 0.0805 e. The first-order valence-corrected chi connectivity index (χ1v) is 6.66. The smallest absolute Gasteiger partial charge is 0.0805 e. The summed E-state index contributed by atoms with van der Waals surface area (Å²) in [7, 11) is 0. The van der Waals surface area contributed by atoms with E-state index in [2.05, 4.69) is 41.5 Å². The van der Waals surface area contributed by atoms with Crippen LogP contribution < -0.4 is 0 Å². The zero-order chi connectivity index (χ0) is 12.6. The van der Waals surface area contributed by atoms with E-state index in [1.807, 2.05) is 0 Å². The van der Waals surface area contributed by atoms with Gasteiger partial charge in [-0.15, -0.1) is 0 Å². The summed E-state index contributed by atoms with van der Waals surface area (Å²) >= 11 is 0. The van der Waals surface area contributed by atoms with Gasteiger partial charge >= 0.3 is 0 Å². The van der Waals surface area contributed by atoms with Gasteiger partial charge in [0.1, 0.15) is 0 Å². The van der Waals surface area contributed by atoms with Crippen molar-refractivity contribution in [3.63, 3.8) is 0 Å². The third kappa shape index (κ3) is 9.17. The molecule has 0 aliphatic rings. The van der Waals surface area contributed by atoms with E-state index in [1.165, 1.54) is 0 Å². The molecule has 0 heterocycles. The summed E-state index contributed by atoms with van der Waals surface area (Å²) in [5.41, 5.74) is 0. The van der Waals surface area contributed by atoms with Gasteiger partial charge in [-0.1, -0.05) is 27.7 Å². The van der Waals surface area contributed by atoms with Gasteiger partial charge in [-0.3, -0.25) is 0 Å². The second kappa shape index (κ2) is 9.00. The summed E-state index contributed by atoms with van der Waals surface area (Å²) in [6.45, 7) is 14.8. The Bertz CT molecular complexity index is 137. The van der Waals surface area contributed by atoms with Gasteiger partial charge in [0.2, 0.25) is 0 Å². The van der Waals surface area contributed by atoms with Crippen LogP contribution in [0.2, 0.25) is 0 Å². The van der Waals surface area contributed by atoms with E-state index >= 15 is 0 Å². The van der Waals surface area contributed by atoms with Gasteiger partial charge in [0, 0.05) is 13.2 Å². The van der Waals surface area contributed by atoms with E-state index in [1.54, 1.807) is 0 Å². The zero-order valence-corrected chi connectivity index (χ0v) is 12.0. The van der Waals surface area contributed by atoms with Crippen molar-refractivity contribution >= 4 is 0 Å².